The third-order valence-electron chi connectivity index (χ3n) is 4.64. The van der Waals surface area contributed by atoms with E-state index in [1.165, 1.54) is 6.07 Å². The van der Waals surface area contributed by atoms with E-state index in [1.807, 2.05) is 24.3 Å². The van der Waals surface area contributed by atoms with Crippen molar-refractivity contribution in [1.82, 2.24) is 19.8 Å². The second-order valence-corrected chi connectivity index (χ2v) is 6.57. The molecule has 0 saturated carbocycles. The van der Waals surface area contributed by atoms with Crippen LogP contribution in [-0.4, -0.2) is 53.2 Å². The topological polar surface area (TPSA) is 58.8 Å². The Bertz CT molecular complexity index is 967. The maximum atomic E-state index is 13.1. The quantitative estimate of drug-likeness (QED) is 0.680. The average Bonchev–Trinajstić information content (AvgIpc) is 3.13. The van der Waals surface area contributed by atoms with Crippen molar-refractivity contribution in [3.63, 3.8) is 0 Å². The van der Waals surface area contributed by atoms with Crippen LogP contribution in [0.5, 0.6) is 0 Å². The lowest BCUT2D eigenvalue weighted by molar-refractivity contribution is -0.146. The molecule has 10 heteroatoms. The summed E-state index contributed by atoms with van der Waals surface area (Å²) in [6.45, 7) is 3.46. The van der Waals surface area contributed by atoms with Crippen molar-refractivity contribution in [3.8, 4) is 0 Å². The fourth-order valence-corrected chi connectivity index (χ4v) is 3.25. The Kier molecular flexibility index (Phi) is 4.80. The molecule has 3 heterocycles. The summed E-state index contributed by atoms with van der Waals surface area (Å²) in [5.41, 5.74) is 2.21. The molecule has 0 aliphatic carbocycles. The maximum Gasteiger partial charge on any atom is 0.453 e. The van der Waals surface area contributed by atoms with Gasteiger partial charge < -0.3 is 14.5 Å². The summed E-state index contributed by atoms with van der Waals surface area (Å²) in [4.78, 5) is 4.06. The molecule has 7 nitrogen and oxygen atoms in total. The van der Waals surface area contributed by atoms with Gasteiger partial charge in [0.15, 0.2) is 5.65 Å². The minimum atomic E-state index is -4.62. The van der Waals surface area contributed by atoms with Gasteiger partial charge in [-0.15, -0.1) is 15.3 Å². The number of nitrogens with zero attached hydrogens (tertiary/aromatic N) is 6. The standard InChI is InChI=1S/C18H19F3N6O/c1-25(12-13-4-2-3-5-14(13)26-8-10-28-11-9-26)16-7-6-15-22-23-17(18(19,20)21)27(15)24-16/h2-7H,8-12H2,1H3. The summed E-state index contributed by atoms with van der Waals surface area (Å²) >= 11 is 0. The van der Waals surface area contributed by atoms with Gasteiger partial charge >= 0.3 is 6.18 Å². The van der Waals surface area contributed by atoms with Crippen LogP contribution in [0.15, 0.2) is 36.4 Å². The summed E-state index contributed by atoms with van der Waals surface area (Å²) in [5.74, 6) is -0.735. The van der Waals surface area contributed by atoms with E-state index >= 15 is 0 Å². The number of hydrogen-bond acceptors (Lipinski definition) is 6. The van der Waals surface area contributed by atoms with E-state index in [2.05, 4.69) is 20.2 Å². The molecule has 1 fully saturated rings. The van der Waals surface area contributed by atoms with Gasteiger partial charge in [-0.1, -0.05) is 18.2 Å². The maximum absolute atomic E-state index is 13.1. The lowest BCUT2D eigenvalue weighted by atomic mass is 10.1. The van der Waals surface area contributed by atoms with Crippen LogP contribution >= 0.6 is 0 Å². The predicted octanol–water partition coefficient (Wildman–Crippen LogP) is 2.62. The number of anilines is 2. The van der Waals surface area contributed by atoms with E-state index in [-0.39, 0.29) is 5.65 Å². The summed E-state index contributed by atoms with van der Waals surface area (Å²) < 4.78 is 45.4. The van der Waals surface area contributed by atoms with Gasteiger partial charge in [0.25, 0.3) is 5.82 Å². The molecule has 0 atom stereocenters. The smallest absolute Gasteiger partial charge is 0.378 e. The first-order valence-corrected chi connectivity index (χ1v) is 8.85. The Labute approximate surface area is 159 Å². The summed E-state index contributed by atoms with van der Waals surface area (Å²) in [6.07, 6.45) is -4.62. The predicted molar refractivity (Wildman–Crippen MR) is 97.4 cm³/mol. The van der Waals surface area contributed by atoms with Crippen molar-refractivity contribution in [1.29, 1.82) is 0 Å². The highest BCUT2D eigenvalue weighted by atomic mass is 19.4. The van der Waals surface area contributed by atoms with Gasteiger partial charge in [-0.05, 0) is 23.8 Å². The molecule has 3 aromatic rings. The first-order chi connectivity index (χ1) is 13.4. The molecule has 4 rings (SSSR count). The van der Waals surface area contributed by atoms with Gasteiger partial charge in [-0.3, -0.25) is 0 Å². The van der Waals surface area contributed by atoms with Gasteiger partial charge in [-0.25, -0.2) is 0 Å². The molecule has 1 aliphatic heterocycles. The Hall–Kier alpha value is -2.88. The van der Waals surface area contributed by atoms with E-state index in [0.29, 0.717) is 25.6 Å². The van der Waals surface area contributed by atoms with E-state index in [9.17, 15) is 13.2 Å². The molecule has 0 bridgehead atoms. The molecule has 2 aromatic heterocycles. The third-order valence-corrected chi connectivity index (χ3v) is 4.64. The number of hydrogen-bond donors (Lipinski definition) is 0. The van der Waals surface area contributed by atoms with Crippen LogP contribution < -0.4 is 9.80 Å². The van der Waals surface area contributed by atoms with Gasteiger partial charge in [0, 0.05) is 32.4 Å². The lowest BCUT2D eigenvalue weighted by Crippen LogP contribution is -2.37. The van der Waals surface area contributed by atoms with E-state index in [0.717, 1.165) is 28.9 Å². The van der Waals surface area contributed by atoms with Crippen molar-refractivity contribution >= 4 is 17.2 Å². The Morgan fingerprint density at radius 3 is 2.57 bits per heavy atom. The SMILES string of the molecule is CN(Cc1ccccc1N1CCOCC1)c1ccc2nnc(C(F)(F)F)n2n1. The fourth-order valence-electron chi connectivity index (χ4n) is 3.25. The largest absolute Gasteiger partial charge is 0.453 e. The fraction of sp³-hybridized carbons (Fsp3) is 0.389. The molecule has 0 radical (unpaired) electrons. The highest BCUT2D eigenvalue weighted by Crippen LogP contribution is 2.28. The van der Waals surface area contributed by atoms with Gasteiger partial charge in [0.2, 0.25) is 0 Å². The highest BCUT2D eigenvalue weighted by Gasteiger charge is 2.37. The molecule has 148 valence electrons. The summed E-state index contributed by atoms with van der Waals surface area (Å²) in [6, 6.07) is 11.1. The van der Waals surface area contributed by atoms with Crippen molar-refractivity contribution in [2.45, 2.75) is 12.7 Å². The Morgan fingerprint density at radius 1 is 1.07 bits per heavy atom. The first kappa shape index (κ1) is 18.5. The minimum Gasteiger partial charge on any atom is -0.378 e. The molecule has 0 spiro atoms. The summed E-state index contributed by atoms with van der Waals surface area (Å²) in [5, 5.41) is 10.9. The molecular formula is C18H19F3N6O. The van der Waals surface area contributed by atoms with Crippen LogP contribution in [-0.2, 0) is 17.5 Å². The molecule has 0 N–H and O–H groups in total. The number of benzene rings is 1. The number of para-hydroxylation sites is 1. The van der Waals surface area contributed by atoms with Crippen molar-refractivity contribution in [2.24, 2.45) is 0 Å². The number of alkyl halides is 3. The molecule has 28 heavy (non-hydrogen) atoms. The molecule has 0 unspecified atom stereocenters. The average molecular weight is 392 g/mol. The van der Waals surface area contributed by atoms with Crippen LogP contribution in [0.1, 0.15) is 11.4 Å². The van der Waals surface area contributed by atoms with Crippen LogP contribution in [0.3, 0.4) is 0 Å². The van der Waals surface area contributed by atoms with E-state index in [4.69, 9.17) is 4.74 Å². The molecule has 0 amide bonds. The lowest BCUT2D eigenvalue weighted by Gasteiger charge is -2.31. The number of halogens is 3. The highest BCUT2D eigenvalue weighted by molar-refractivity contribution is 5.56. The van der Waals surface area contributed by atoms with Gasteiger partial charge in [0.05, 0.1) is 13.2 Å². The number of aromatic nitrogens is 4. The Morgan fingerprint density at radius 2 is 1.82 bits per heavy atom. The second-order valence-electron chi connectivity index (χ2n) is 6.57. The van der Waals surface area contributed by atoms with E-state index < -0.39 is 12.0 Å². The number of morpholine rings is 1. The zero-order chi connectivity index (χ0) is 19.7. The van der Waals surface area contributed by atoms with Crippen LogP contribution in [0.25, 0.3) is 5.65 Å². The Balaban J connectivity index is 1.61. The zero-order valence-corrected chi connectivity index (χ0v) is 15.2. The monoisotopic (exact) mass is 392 g/mol. The number of ether oxygens (including phenoxy) is 1. The van der Waals surface area contributed by atoms with Crippen molar-refractivity contribution < 1.29 is 17.9 Å². The normalized spacial score (nSPS) is 15.2. The van der Waals surface area contributed by atoms with Crippen LogP contribution in [0.2, 0.25) is 0 Å². The molecule has 1 aliphatic rings. The molecular weight excluding hydrogens is 373 g/mol. The second kappa shape index (κ2) is 7.27. The third kappa shape index (κ3) is 3.59. The first-order valence-electron chi connectivity index (χ1n) is 8.85. The van der Waals surface area contributed by atoms with Crippen molar-refractivity contribution in [3.05, 3.63) is 47.8 Å². The van der Waals surface area contributed by atoms with Gasteiger partial charge in [0.1, 0.15) is 5.82 Å². The van der Waals surface area contributed by atoms with Gasteiger partial charge in [-0.2, -0.15) is 17.7 Å². The number of rotatable bonds is 4. The summed E-state index contributed by atoms with van der Waals surface area (Å²) in [7, 11) is 1.79. The van der Waals surface area contributed by atoms with E-state index in [1.54, 1.807) is 18.0 Å². The van der Waals surface area contributed by atoms with Crippen LogP contribution in [0, 0.1) is 0 Å². The molecule has 1 saturated heterocycles. The zero-order valence-electron chi connectivity index (χ0n) is 15.2. The molecule has 1 aromatic carbocycles. The minimum absolute atomic E-state index is 0.0539. The van der Waals surface area contributed by atoms with Crippen LogP contribution in [0.4, 0.5) is 24.7 Å². The van der Waals surface area contributed by atoms with Crippen molar-refractivity contribution in [2.75, 3.05) is 43.2 Å². The number of fused-ring (bicyclic) bond motifs is 1.